The third kappa shape index (κ3) is 2.30. The van der Waals surface area contributed by atoms with Gasteiger partial charge in [0, 0.05) is 0 Å². The van der Waals surface area contributed by atoms with Crippen molar-refractivity contribution in [3.63, 3.8) is 0 Å². The molecule has 96 valence electrons. The van der Waals surface area contributed by atoms with E-state index in [2.05, 4.69) is 10.1 Å². The zero-order chi connectivity index (χ0) is 13.1. The smallest absolute Gasteiger partial charge is 0.337 e. The quantitative estimate of drug-likeness (QED) is 0.832. The number of anilines is 1. The summed E-state index contributed by atoms with van der Waals surface area (Å²) in [6.45, 7) is 1.99. The van der Waals surface area contributed by atoms with Gasteiger partial charge in [-0.15, -0.1) is 0 Å². The van der Waals surface area contributed by atoms with Gasteiger partial charge in [-0.05, 0) is 24.6 Å². The Morgan fingerprint density at radius 2 is 2.28 bits per heavy atom. The van der Waals surface area contributed by atoms with Gasteiger partial charge in [0.15, 0.2) is 6.10 Å². The Balaban J connectivity index is 2.26. The van der Waals surface area contributed by atoms with Crippen molar-refractivity contribution in [2.45, 2.75) is 25.9 Å². The molecule has 0 saturated heterocycles. The van der Waals surface area contributed by atoms with Crippen molar-refractivity contribution in [1.29, 1.82) is 0 Å². The highest BCUT2D eigenvalue weighted by Crippen LogP contribution is 2.31. The van der Waals surface area contributed by atoms with E-state index < -0.39 is 12.1 Å². The number of carbonyl (C=O) groups is 2. The van der Waals surface area contributed by atoms with Gasteiger partial charge in [0.1, 0.15) is 5.75 Å². The predicted molar refractivity (Wildman–Crippen MR) is 65.7 cm³/mol. The van der Waals surface area contributed by atoms with Crippen LogP contribution in [0.4, 0.5) is 5.69 Å². The van der Waals surface area contributed by atoms with E-state index >= 15 is 0 Å². The number of ether oxygens (including phenoxy) is 2. The molecule has 5 heteroatoms. The molecule has 5 nitrogen and oxygen atoms in total. The van der Waals surface area contributed by atoms with Crippen LogP contribution in [0.3, 0.4) is 0 Å². The molecule has 1 heterocycles. The highest BCUT2D eigenvalue weighted by Gasteiger charge is 2.27. The first kappa shape index (κ1) is 12.4. The predicted octanol–water partition coefficient (Wildman–Crippen LogP) is 1.97. The first-order chi connectivity index (χ1) is 8.65. The fraction of sp³-hybridized carbons (Fsp3) is 0.385. The number of fused-ring (bicyclic) bond motifs is 1. The summed E-state index contributed by atoms with van der Waals surface area (Å²) < 4.78 is 10.2. The fourth-order valence-electron chi connectivity index (χ4n) is 1.85. The second-order valence-electron chi connectivity index (χ2n) is 4.09. The molecule has 0 spiro atoms. The molecule has 0 radical (unpaired) electrons. The number of nitrogens with one attached hydrogen (secondary N) is 1. The minimum atomic E-state index is -0.452. The van der Waals surface area contributed by atoms with E-state index in [1.807, 2.05) is 6.92 Å². The van der Waals surface area contributed by atoms with Crippen molar-refractivity contribution < 1.29 is 19.1 Å². The standard InChI is InChI=1S/C13H15NO4/c1-3-4-11-12(15)14-9-7-8(13(16)17-2)5-6-10(9)18-11/h5-7,11H,3-4H2,1-2H3,(H,14,15). The maximum absolute atomic E-state index is 11.7. The van der Waals surface area contributed by atoms with Gasteiger partial charge >= 0.3 is 5.97 Å². The van der Waals surface area contributed by atoms with Crippen molar-refractivity contribution in [2.75, 3.05) is 12.4 Å². The Bertz CT molecular complexity index is 484. The zero-order valence-corrected chi connectivity index (χ0v) is 10.4. The summed E-state index contributed by atoms with van der Waals surface area (Å²) in [4.78, 5) is 23.1. The summed E-state index contributed by atoms with van der Waals surface area (Å²) in [5.74, 6) is -0.0326. The summed E-state index contributed by atoms with van der Waals surface area (Å²) in [6, 6.07) is 4.84. The molecule has 0 fully saturated rings. The van der Waals surface area contributed by atoms with Gasteiger partial charge in [0.05, 0.1) is 18.4 Å². The van der Waals surface area contributed by atoms with Gasteiger partial charge in [-0.3, -0.25) is 4.79 Å². The Kier molecular flexibility index (Phi) is 3.50. The number of hydrogen-bond acceptors (Lipinski definition) is 4. The van der Waals surface area contributed by atoms with E-state index in [1.165, 1.54) is 7.11 Å². The summed E-state index contributed by atoms with van der Waals surface area (Å²) in [5.41, 5.74) is 0.893. The molecular weight excluding hydrogens is 234 g/mol. The lowest BCUT2D eigenvalue weighted by Crippen LogP contribution is -2.36. The Labute approximate surface area is 105 Å². The van der Waals surface area contributed by atoms with E-state index in [9.17, 15) is 9.59 Å². The lowest BCUT2D eigenvalue weighted by atomic mass is 10.1. The first-order valence-corrected chi connectivity index (χ1v) is 5.85. The normalized spacial score (nSPS) is 17.4. The van der Waals surface area contributed by atoms with Crippen molar-refractivity contribution in [2.24, 2.45) is 0 Å². The zero-order valence-electron chi connectivity index (χ0n) is 10.4. The van der Waals surface area contributed by atoms with Crippen LogP contribution in [0, 0.1) is 0 Å². The summed E-state index contributed by atoms with van der Waals surface area (Å²) in [7, 11) is 1.31. The van der Waals surface area contributed by atoms with Crippen molar-refractivity contribution in [3.8, 4) is 5.75 Å². The third-order valence-electron chi connectivity index (χ3n) is 2.77. The molecule has 1 amide bonds. The van der Waals surface area contributed by atoms with E-state index in [-0.39, 0.29) is 5.91 Å². The molecule has 1 aliphatic heterocycles. The molecule has 1 atom stereocenters. The van der Waals surface area contributed by atoms with Gasteiger partial charge in [-0.1, -0.05) is 13.3 Å². The second-order valence-corrected chi connectivity index (χ2v) is 4.09. The number of methoxy groups -OCH3 is 1. The van der Waals surface area contributed by atoms with Crippen LogP contribution >= 0.6 is 0 Å². The molecule has 1 aliphatic rings. The second kappa shape index (κ2) is 5.08. The van der Waals surface area contributed by atoms with Crippen LogP contribution in [-0.4, -0.2) is 25.1 Å². The van der Waals surface area contributed by atoms with Gasteiger partial charge in [0.2, 0.25) is 0 Å². The molecule has 1 N–H and O–H groups in total. The molecular formula is C13H15NO4. The van der Waals surface area contributed by atoms with Crippen LogP contribution < -0.4 is 10.1 Å². The molecule has 1 unspecified atom stereocenters. The maximum Gasteiger partial charge on any atom is 0.337 e. The Morgan fingerprint density at radius 1 is 1.50 bits per heavy atom. The summed E-state index contributed by atoms with van der Waals surface area (Å²) in [6.07, 6.45) is 1.09. The van der Waals surface area contributed by atoms with Crippen LogP contribution in [-0.2, 0) is 9.53 Å². The van der Waals surface area contributed by atoms with Crippen LogP contribution in [0.1, 0.15) is 30.1 Å². The van der Waals surface area contributed by atoms with Gasteiger partial charge in [-0.25, -0.2) is 4.79 Å². The van der Waals surface area contributed by atoms with E-state index in [1.54, 1.807) is 18.2 Å². The number of amides is 1. The summed E-state index contributed by atoms with van der Waals surface area (Å²) in [5, 5.41) is 2.74. The van der Waals surface area contributed by atoms with Crippen molar-refractivity contribution >= 4 is 17.6 Å². The van der Waals surface area contributed by atoms with Gasteiger partial charge in [-0.2, -0.15) is 0 Å². The molecule has 0 bridgehead atoms. The van der Waals surface area contributed by atoms with Gasteiger partial charge < -0.3 is 14.8 Å². The number of rotatable bonds is 3. The Hall–Kier alpha value is -2.04. The van der Waals surface area contributed by atoms with Crippen LogP contribution in [0.5, 0.6) is 5.75 Å². The van der Waals surface area contributed by atoms with E-state index in [4.69, 9.17) is 4.74 Å². The van der Waals surface area contributed by atoms with Crippen molar-refractivity contribution in [1.82, 2.24) is 0 Å². The Morgan fingerprint density at radius 3 is 2.94 bits per heavy atom. The maximum atomic E-state index is 11.7. The van der Waals surface area contributed by atoms with Crippen molar-refractivity contribution in [3.05, 3.63) is 23.8 Å². The first-order valence-electron chi connectivity index (χ1n) is 5.85. The van der Waals surface area contributed by atoms with Crippen LogP contribution in [0.15, 0.2) is 18.2 Å². The van der Waals surface area contributed by atoms with Crippen LogP contribution in [0.25, 0.3) is 0 Å². The molecule has 0 aromatic heterocycles. The highest BCUT2D eigenvalue weighted by atomic mass is 16.5. The lowest BCUT2D eigenvalue weighted by molar-refractivity contribution is -0.123. The van der Waals surface area contributed by atoms with Gasteiger partial charge in [0.25, 0.3) is 5.91 Å². The number of benzene rings is 1. The molecule has 0 saturated carbocycles. The molecule has 18 heavy (non-hydrogen) atoms. The average Bonchev–Trinajstić information content (AvgIpc) is 2.38. The topological polar surface area (TPSA) is 64.6 Å². The highest BCUT2D eigenvalue weighted by molar-refractivity contribution is 5.99. The minimum absolute atomic E-state index is 0.175. The molecule has 1 aromatic carbocycles. The minimum Gasteiger partial charge on any atom is -0.478 e. The lowest BCUT2D eigenvalue weighted by Gasteiger charge is -2.25. The average molecular weight is 249 g/mol. The van der Waals surface area contributed by atoms with E-state index in [0.29, 0.717) is 23.4 Å². The molecule has 2 rings (SSSR count). The third-order valence-corrected chi connectivity index (χ3v) is 2.77. The largest absolute Gasteiger partial charge is 0.478 e. The van der Waals surface area contributed by atoms with E-state index in [0.717, 1.165) is 6.42 Å². The molecule has 1 aromatic rings. The monoisotopic (exact) mass is 249 g/mol. The summed E-state index contributed by atoms with van der Waals surface area (Å²) >= 11 is 0. The SMILES string of the molecule is CCCC1Oc2ccc(C(=O)OC)cc2NC1=O. The number of hydrogen-bond donors (Lipinski definition) is 1. The van der Waals surface area contributed by atoms with Crippen LogP contribution in [0.2, 0.25) is 0 Å². The number of esters is 1. The molecule has 0 aliphatic carbocycles. The number of carbonyl (C=O) groups excluding carboxylic acids is 2. The fourth-order valence-corrected chi connectivity index (χ4v) is 1.85.